The van der Waals surface area contributed by atoms with Crippen LogP contribution in [0.5, 0.6) is 0 Å². The Bertz CT molecular complexity index is 206. The number of amides is 2. The molecule has 0 aromatic carbocycles. The molecular formula is C7H11N3O. The summed E-state index contributed by atoms with van der Waals surface area (Å²) in [5, 5.41) is 2.39. The van der Waals surface area contributed by atoms with Crippen LogP contribution in [0.1, 0.15) is 6.92 Å². The number of hydrogen-bond donors (Lipinski definition) is 2. The molecule has 0 spiro atoms. The van der Waals surface area contributed by atoms with Crippen molar-refractivity contribution >= 4 is 12.7 Å². The lowest BCUT2D eigenvalue weighted by atomic mass is 10.4. The Balaban J connectivity index is 3.90. The molecule has 0 unspecified atom stereocenters. The van der Waals surface area contributed by atoms with Crippen molar-refractivity contribution in [1.82, 2.24) is 5.32 Å². The van der Waals surface area contributed by atoms with Crippen LogP contribution in [0.4, 0.5) is 4.79 Å². The van der Waals surface area contributed by atoms with Crippen molar-refractivity contribution in [2.75, 3.05) is 0 Å². The van der Waals surface area contributed by atoms with Crippen LogP contribution in [-0.2, 0) is 0 Å². The second-order valence-electron chi connectivity index (χ2n) is 1.86. The molecule has 0 aromatic heterocycles. The smallest absolute Gasteiger partial charge is 0.316 e. The first kappa shape index (κ1) is 9.42. The van der Waals surface area contributed by atoms with Gasteiger partial charge in [0.1, 0.15) is 0 Å². The lowest BCUT2D eigenvalue weighted by Gasteiger charge is -1.97. The van der Waals surface area contributed by atoms with E-state index in [-0.39, 0.29) is 0 Å². The molecule has 0 aliphatic heterocycles. The molecule has 0 fully saturated rings. The van der Waals surface area contributed by atoms with Gasteiger partial charge < -0.3 is 11.1 Å². The van der Waals surface area contributed by atoms with Crippen molar-refractivity contribution in [2.24, 2.45) is 10.7 Å². The summed E-state index contributed by atoms with van der Waals surface area (Å²) in [7, 11) is 0. The number of hydrogen-bond acceptors (Lipinski definition) is 2. The molecule has 0 aliphatic rings. The molecule has 60 valence electrons. The first-order valence-electron chi connectivity index (χ1n) is 3.02. The summed E-state index contributed by atoms with van der Waals surface area (Å²) >= 11 is 0. The molecule has 11 heavy (non-hydrogen) atoms. The highest BCUT2D eigenvalue weighted by Crippen LogP contribution is 1.86. The minimum Gasteiger partial charge on any atom is -0.351 e. The Labute approximate surface area is 65.5 Å². The summed E-state index contributed by atoms with van der Waals surface area (Å²) in [5.41, 5.74) is 5.51. The average Bonchev–Trinajstić information content (AvgIpc) is 1.86. The predicted octanol–water partition coefficient (Wildman–Crippen LogP) is 0.773. The van der Waals surface area contributed by atoms with E-state index in [1.165, 1.54) is 6.20 Å². The number of primary amides is 1. The van der Waals surface area contributed by atoms with Gasteiger partial charge >= 0.3 is 6.03 Å². The lowest BCUT2D eigenvalue weighted by molar-refractivity contribution is 0.251. The number of carbonyl (C=O) groups is 1. The Morgan fingerprint density at radius 2 is 2.36 bits per heavy atom. The molecule has 0 rings (SSSR count). The summed E-state index contributed by atoms with van der Waals surface area (Å²) in [6.45, 7) is 4.96. The first-order chi connectivity index (χ1) is 5.16. The van der Waals surface area contributed by atoms with Crippen LogP contribution in [0.25, 0.3) is 0 Å². The Kier molecular flexibility index (Phi) is 4.47. The molecule has 0 saturated heterocycles. The quantitative estimate of drug-likeness (QED) is 0.456. The SMILES string of the molecule is C=N/C=C\C=C(/C)NC(N)=O. The largest absolute Gasteiger partial charge is 0.351 e. The third-order valence-electron chi connectivity index (χ3n) is 0.858. The van der Waals surface area contributed by atoms with Gasteiger partial charge in [0.05, 0.1) is 0 Å². The maximum atomic E-state index is 10.3. The lowest BCUT2D eigenvalue weighted by Crippen LogP contribution is -2.27. The van der Waals surface area contributed by atoms with E-state index in [4.69, 9.17) is 5.73 Å². The normalized spacial score (nSPS) is 11.5. The van der Waals surface area contributed by atoms with Gasteiger partial charge in [-0.1, -0.05) is 0 Å². The molecule has 0 heterocycles. The molecular weight excluding hydrogens is 142 g/mol. The second-order valence-corrected chi connectivity index (χ2v) is 1.86. The fraction of sp³-hybridized carbons (Fsp3) is 0.143. The first-order valence-corrected chi connectivity index (χ1v) is 3.02. The van der Waals surface area contributed by atoms with Gasteiger partial charge in [0, 0.05) is 11.9 Å². The van der Waals surface area contributed by atoms with Gasteiger partial charge in [-0.15, -0.1) is 0 Å². The summed E-state index contributed by atoms with van der Waals surface area (Å²) in [5.74, 6) is 0. The van der Waals surface area contributed by atoms with Crippen molar-refractivity contribution in [3.8, 4) is 0 Å². The van der Waals surface area contributed by atoms with Crippen LogP contribution in [0.2, 0.25) is 0 Å². The molecule has 0 bridgehead atoms. The zero-order chi connectivity index (χ0) is 8.69. The molecule has 4 heteroatoms. The zero-order valence-electron chi connectivity index (χ0n) is 6.37. The van der Waals surface area contributed by atoms with Crippen LogP contribution in [0.15, 0.2) is 29.0 Å². The van der Waals surface area contributed by atoms with E-state index in [9.17, 15) is 4.79 Å². The number of allylic oxidation sites excluding steroid dienone is 3. The molecule has 3 N–H and O–H groups in total. The molecule has 0 aliphatic carbocycles. The Morgan fingerprint density at radius 3 is 2.82 bits per heavy atom. The second kappa shape index (κ2) is 5.22. The maximum Gasteiger partial charge on any atom is 0.316 e. The van der Waals surface area contributed by atoms with E-state index in [1.54, 1.807) is 19.1 Å². The maximum absolute atomic E-state index is 10.3. The fourth-order valence-electron chi connectivity index (χ4n) is 0.484. The van der Waals surface area contributed by atoms with E-state index >= 15 is 0 Å². The van der Waals surface area contributed by atoms with Gasteiger partial charge in [0.15, 0.2) is 0 Å². The molecule has 0 atom stereocenters. The molecule has 4 nitrogen and oxygen atoms in total. The average molecular weight is 153 g/mol. The number of nitrogens with two attached hydrogens (primary N) is 1. The minimum atomic E-state index is -0.571. The van der Waals surface area contributed by atoms with Gasteiger partial charge in [-0.25, -0.2) is 4.79 Å². The zero-order valence-corrected chi connectivity index (χ0v) is 6.37. The summed E-state index contributed by atoms with van der Waals surface area (Å²) in [6, 6.07) is -0.571. The van der Waals surface area contributed by atoms with E-state index in [0.717, 1.165) is 0 Å². The van der Waals surface area contributed by atoms with Gasteiger partial charge in [-0.05, 0) is 25.8 Å². The number of nitrogens with zero attached hydrogens (tertiary/aromatic N) is 1. The highest BCUT2D eigenvalue weighted by atomic mass is 16.2. The van der Waals surface area contributed by atoms with Crippen LogP contribution >= 0.6 is 0 Å². The van der Waals surface area contributed by atoms with Gasteiger partial charge in [0.2, 0.25) is 0 Å². The van der Waals surface area contributed by atoms with Crippen LogP contribution in [0, 0.1) is 0 Å². The highest BCUT2D eigenvalue weighted by Gasteiger charge is 1.88. The van der Waals surface area contributed by atoms with Crippen molar-refractivity contribution in [1.29, 1.82) is 0 Å². The van der Waals surface area contributed by atoms with E-state index in [0.29, 0.717) is 5.70 Å². The van der Waals surface area contributed by atoms with Gasteiger partial charge in [0.25, 0.3) is 0 Å². The molecule has 0 saturated carbocycles. The van der Waals surface area contributed by atoms with Crippen molar-refractivity contribution in [3.63, 3.8) is 0 Å². The van der Waals surface area contributed by atoms with Crippen LogP contribution < -0.4 is 11.1 Å². The number of urea groups is 1. The van der Waals surface area contributed by atoms with Gasteiger partial charge in [-0.3, -0.25) is 4.99 Å². The molecule has 0 aromatic rings. The number of carbonyl (C=O) groups excluding carboxylic acids is 1. The van der Waals surface area contributed by atoms with E-state index in [1.807, 2.05) is 0 Å². The van der Waals surface area contributed by atoms with Crippen LogP contribution in [-0.4, -0.2) is 12.7 Å². The van der Waals surface area contributed by atoms with E-state index < -0.39 is 6.03 Å². The monoisotopic (exact) mass is 153 g/mol. The standard InChI is InChI=1S/C7H11N3O/c1-6(10-7(8)11)4-3-5-9-2/h3-5H,2H2,1H3,(H3,8,10,11)/b5-3-,6-4+. The highest BCUT2D eigenvalue weighted by molar-refractivity contribution is 5.73. The molecule has 0 radical (unpaired) electrons. The summed E-state index contributed by atoms with van der Waals surface area (Å²) in [4.78, 5) is 13.7. The molecule has 2 amide bonds. The third-order valence-corrected chi connectivity index (χ3v) is 0.858. The number of nitrogens with one attached hydrogen (secondary N) is 1. The van der Waals surface area contributed by atoms with Crippen molar-refractivity contribution in [2.45, 2.75) is 6.92 Å². The van der Waals surface area contributed by atoms with Gasteiger partial charge in [-0.2, -0.15) is 0 Å². The Morgan fingerprint density at radius 1 is 1.73 bits per heavy atom. The Hall–Kier alpha value is -1.58. The minimum absolute atomic E-state index is 0.571. The van der Waals surface area contributed by atoms with E-state index in [2.05, 4.69) is 17.0 Å². The van der Waals surface area contributed by atoms with Crippen molar-refractivity contribution in [3.05, 3.63) is 24.0 Å². The predicted molar refractivity (Wildman–Crippen MR) is 45.2 cm³/mol. The topological polar surface area (TPSA) is 67.5 Å². The number of rotatable bonds is 3. The van der Waals surface area contributed by atoms with Crippen molar-refractivity contribution < 1.29 is 4.79 Å². The third kappa shape index (κ3) is 6.30. The fourth-order valence-corrected chi connectivity index (χ4v) is 0.484. The summed E-state index contributed by atoms with van der Waals surface area (Å²) < 4.78 is 0. The summed E-state index contributed by atoms with van der Waals surface area (Å²) in [6.07, 6.45) is 4.82. The van der Waals surface area contributed by atoms with Crippen LogP contribution in [0.3, 0.4) is 0 Å². The number of aliphatic imine (C=N–C) groups is 1.